The molecule has 4 heteroatoms. The van der Waals surface area contributed by atoms with Gasteiger partial charge in [-0.3, -0.25) is 4.79 Å². The van der Waals surface area contributed by atoms with Crippen LogP contribution in [-0.2, 0) is 14.3 Å². The third-order valence-corrected chi connectivity index (χ3v) is 1.64. The van der Waals surface area contributed by atoms with Crippen molar-refractivity contribution in [1.29, 1.82) is 0 Å². The number of amides is 1. The van der Waals surface area contributed by atoms with Gasteiger partial charge in [-0.05, 0) is 12.8 Å². The highest BCUT2D eigenvalue weighted by Crippen LogP contribution is 1.97. The molecule has 0 aromatic heterocycles. The first-order chi connectivity index (χ1) is 6.61. The van der Waals surface area contributed by atoms with Crippen LogP contribution >= 0.6 is 0 Å². The fourth-order valence-electron chi connectivity index (χ4n) is 1.00. The lowest BCUT2D eigenvalue weighted by molar-refractivity contribution is -0.144. The van der Waals surface area contributed by atoms with Gasteiger partial charge in [0.15, 0.2) is 0 Å². The van der Waals surface area contributed by atoms with Gasteiger partial charge < -0.3 is 10.1 Å². The van der Waals surface area contributed by atoms with Gasteiger partial charge in [-0.1, -0.05) is 19.1 Å². The Balaban J connectivity index is 4.17. The highest BCUT2D eigenvalue weighted by molar-refractivity contribution is 5.83. The van der Waals surface area contributed by atoms with Gasteiger partial charge in [0.2, 0.25) is 5.91 Å². The fourth-order valence-corrected chi connectivity index (χ4v) is 1.00. The number of carbonyl (C=O) groups excluding carboxylic acids is 2. The zero-order chi connectivity index (χ0) is 11.0. The number of carbonyl (C=O) groups is 2. The molecule has 0 aromatic rings. The number of hydrogen-bond donors (Lipinski definition) is 1. The molecule has 0 heterocycles. The van der Waals surface area contributed by atoms with Gasteiger partial charge in [0, 0.05) is 6.92 Å². The van der Waals surface area contributed by atoms with Crippen LogP contribution in [-0.4, -0.2) is 25.0 Å². The van der Waals surface area contributed by atoms with Crippen LogP contribution < -0.4 is 5.32 Å². The van der Waals surface area contributed by atoms with Crippen LogP contribution in [0.15, 0.2) is 12.2 Å². The van der Waals surface area contributed by atoms with E-state index in [1.54, 1.807) is 0 Å². The van der Waals surface area contributed by atoms with E-state index in [1.807, 2.05) is 19.1 Å². The second kappa shape index (κ2) is 7.12. The van der Waals surface area contributed by atoms with E-state index < -0.39 is 12.0 Å². The van der Waals surface area contributed by atoms with Gasteiger partial charge in [0.1, 0.15) is 6.04 Å². The first kappa shape index (κ1) is 12.7. The Kier molecular flexibility index (Phi) is 6.45. The summed E-state index contributed by atoms with van der Waals surface area (Å²) in [5.74, 6) is -0.647. The minimum absolute atomic E-state index is 0.231. The van der Waals surface area contributed by atoms with Crippen LogP contribution in [0, 0.1) is 0 Å². The lowest BCUT2D eigenvalue weighted by atomic mass is 10.2. The van der Waals surface area contributed by atoms with Crippen molar-refractivity contribution >= 4 is 11.9 Å². The summed E-state index contributed by atoms with van der Waals surface area (Å²) >= 11 is 0. The van der Waals surface area contributed by atoms with E-state index in [2.05, 4.69) is 10.1 Å². The molecule has 1 N–H and O–H groups in total. The molecule has 0 radical (unpaired) electrons. The first-order valence-electron chi connectivity index (χ1n) is 4.61. The van der Waals surface area contributed by atoms with E-state index >= 15 is 0 Å². The lowest BCUT2D eigenvalue weighted by Gasteiger charge is -2.12. The Hall–Kier alpha value is -1.32. The first-order valence-corrected chi connectivity index (χ1v) is 4.61. The zero-order valence-electron chi connectivity index (χ0n) is 8.87. The van der Waals surface area contributed by atoms with Crippen LogP contribution in [0.4, 0.5) is 0 Å². The van der Waals surface area contributed by atoms with Crippen LogP contribution in [0.2, 0.25) is 0 Å². The highest BCUT2D eigenvalue weighted by Gasteiger charge is 2.17. The number of esters is 1. The summed E-state index contributed by atoms with van der Waals surface area (Å²) in [6.45, 7) is 3.38. The smallest absolute Gasteiger partial charge is 0.328 e. The Labute approximate surface area is 84.3 Å². The molecule has 0 fully saturated rings. The molecule has 1 atom stereocenters. The third kappa shape index (κ3) is 5.35. The van der Waals surface area contributed by atoms with Gasteiger partial charge in [0.25, 0.3) is 0 Å². The molecule has 0 aliphatic carbocycles. The minimum Gasteiger partial charge on any atom is -0.467 e. The van der Waals surface area contributed by atoms with Gasteiger partial charge in [-0.15, -0.1) is 0 Å². The summed E-state index contributed by atoms with van der Waals surface area (Å²) in [6.07, 6.45) is 5.18. The largest absolute Gasteiger partial charge is 0.467 e. The number of ether oxygens (including phenoxy) is 1. The van der Waals surface area contributed by atoms with E-state index in [0.29, 0.717) is 6.42 Å². The summed E-state index contributed by atoms with van der Waals surface area (Å²) in [4.78, 5) is 21.9. The molecule has 0 saturated heterocycles. The molecule has 0 aliphatic rings. The standard InChI is InChI=1S/C10H17NO3/c1-4-5-6-7-9(10(13)14-3)11-8(2)12/h5-6,9H,4,7H2,1-3H3,(H,11,12)/t9-/m0/s1. The van der Waals surface area contributed by atoms with Crippen molar-refractivity contribution in [1.82, 2.24) is 5.32 Å². The molecule has 0 aliphatic heterocycles. The maximum absolute atomic E-state index is 11.2. The van der Waals surface area contributed by atoms with Gasteiger partial charge in [-0.25, -0.2) is 4.79 Å². The molecule has 1 amide bonds. The molecule has 4 nitrogen and oxygen atoms in total. The fraction of sp³-hybridized carbons (Fsp3) is 0.600. The monoisotopic (exact) mass is 199 g/mol. The van der Waals surface area contributed by atoms with Crippen LogP contribution in [0.3, 0.4) is 0 Å². The Morgan fingerprint density at radius 1 is 1.43 bits per heavy atom. The summed E-state index contributed by atoms with van der Waals surface area (Å²) in [7, 11) is 1.31. The Morgan fingerprint density at radius 3 is 2.50 bits per heavy atom. The quantitative estimate of drug-likeness (QED) is 0.531. The van der Waals surface area contributed by atoms with Crippen molar-refractivity contribution in [2.24, 2.45) is 0 Å². The number of methoxy groups -OCH3 is 1. The van der Waals surface area contributed by atoms with E-state index in [0.717, 1.165) is 6.42 Å². The number of nitrogens with one attached hydrogen (secondary N) is 1. The maximum Gasteiger partial charge on any atom is 0.328 e. The predicted octanol–water partition coefficient (Wildman–Crippen LogP) is 1.02. The van der Waals surface area contributed by atoms with E-state index in [4.69, 9.17) is 0 Å². The topological polar surface area (TPSA) is 55.4 Å². The SMILES string of the molecule is CCC=CC[C@H](NC(C)=O)C(=O)OC. The Bertz CT molecular complexity index is 223. The molecule has 0 aromatic carbocycles. The maximum atomic E-state index is 11.2. The summed E-state index contributed by atoms with van der Waals surface area (Å²) in [5.41, 5.74) is 0. The van der Waals surface area contributed by atoms with Crippen molar-refractivity contribution in [2.45, 2.75) is 32.7 Å². The van der Waals surface area contributed by atoms with Crippen LogP contribution in [0.1, 0.15) is 26.7 Å². The normalized spacial score (nSPS) is 12.5. The van der Waals surface area contributed by atoms with Crippen molar-refractivity contribution in [3.8, 4) is 0 Å². The molecule has 0 saturated carbocycles. The molecular formula is C10H17NO3. The van der Waals surface area contributed by atoms with E-state index in [1.165, 1.54) is 14.0 Å². The molecule has 0 spiro atoms. The minimum atomic E-state index is -0.569. The Morgan fingerprint density at radius 2 is 2.07 bits per heavy atom. The predicted molar refractivity (Wildman–Crippen MR) is 53.7 cm³/mol. The van der Waals surface area contributed by atoms with Crippen LogP contribution in [0.5, 0.6) is 0 Å². The summed E-state index contributed by atoms with van der Waals surface area (Å²) < 4.78 is 4.56. The highest BCUT2D eigenvalue weighted by atomic mass is 16.5. The molecule has 80 valence electrons. The van der Waals surface area contributed by atoms with Crippen molar-refractivity contribution < 1.29 is 14.3 Å². The molecular weight excluding hydrogens is 182 g/mol. The van der Waals surface area contributed by atoms with Crippen molar-refractivity contribution in [3.63, 3.8) is 0 Å². The second-order valence-electron chi connectivity index (χ2n) is 2.89. The van der Waals surface area contributed by atoms with E-state index in [9.17, 15) is 9.59 Å². The lowest BCUT2D eigenvalue weighted by Crippen LogP contribution is -2.39. The van der Waals surface area contributed by atoms with Crippen molar-refractivity contribution in [2.75, 3.05) is 7.11 Å². The van der Waals surface area contributed by atoms with Gasteiger partial charge in [0.05, 0.1) is 7.11 Å². The molecule has 0 unspecified atom stereocenters. The third-order valence-electron chi connectivity index (χ3n) is 1.64. The second-order valence-corrected chi connectivity index (χ2v) is 2.89. The van der Waals surface area contributed by atoms with E-state index in [-0.39, 0.29) is 5.91 Å². The van der Waals surface area contributed by atoms with Gasteiger partial charge in [-0.2, -0.15) is 0 Å². The average molecular weight is 199 g/mol. The number of hydrogen-bond acceptors (Lipinski definition) is 3. The summed E-state index contributed by atoms with van der Waals surface area (Å²) in [6, 6.07) is -0.569. The van der Waals surface area contributed by atoms with Gasteiger partial charge >= 0.3 is 5.97 Å². The van der Waals surface area contributed by atoms with Crippen LogP contribution in [0.25, 0.3) is 0 Å². The summed E-state index contributed by atoms with van der Waals surface area (Å²) in [5, 5.41) is 2.52. The molecule has 0 rings (SSSR count). The number of rotatable bonds is 5. The molecule has 14 heavy (non-hydrogen) atoms. The zero-order valence-corrected chi connectivity index (χ0v) is 8.87. The average Bonchev–Trinajstić information content (AvgIpc) is 2.15. The number of allylic oxidation sites excluding steroid dienone is 1. The van der Waals surface area contributed by atoms with Crippen molar-refractivity contribution in [3.05, 3.63) is 12.2 Å². The molecule has 0 bridgehead atoms.